The highest BCUT2D eigenvalue weighted by atomic mass is 19.1. The molecule has 0 spiro atoms. The molecule has 0 saturated heterocycles. The van der Waals surface area contributed by atoms with Crippen LogP contribution in [0.2, 0.25) is 0 Å². The molecule has 4 heteroatoms. The molecule has 0 fully saturated rings. The molecule has 2 aromatic carbocycles. The number of amides is 1. The molecule has 0 aromatic heterocycles. The number of carbonyl (C=O) groups is 1. The Balaban J connectivity index is 1.97. The van der Waals surface area contributed by atoms with Gasteiger partial charge in [-0.25, -0.2) is 4.39 Å². The van der Waals surface area contributed by atoms with Crippen molar-refractivity contribution in [2.24, 2.45) is 5.73 Å². The second-order valence-electron chi connectivity index (χ2n) is 4.20. The quantitative estimate of drug-likeness (QED) is 0.882. The van der Waals surface area contributed by atoms with E-state index in [2.05, 4.69) is 5.32 Å². The van der Waals surface area contributed by atoms with E-state index in [1.165, 1.54) is 6.07 Å². The molecule has 0 radical (unpaired) electrons. The summed E-state index contributed by atoms with van der Waals surface area (Å²) in [4.78, 5) is 11.9. The normalized spacial score (nSPS) is 11.9. The Hall–Kier alpha value is -2.20. The molecule has 0 heterocycles. The lowest BCUT2D eigenvalue weighted by molar-refractivity contribution is -0.122. The van der Waals surface area contributed by atoms with Crippen LogP contribution in [0.3, 0.4) is 0 Å². The molecule has 2 rings (SSSR count). The molecule has 98 valence electrons. The summed E-state index contributed by atoms with van der Waals surface area (Å²) in [5, 5.41) is 2.63. The maximum absolute atomic E-state index is 13.4. The van der Waals surface area contributed by atoms with E-state index in [0.29, 0.717) is 5.56 Å². The van der Waals surface area contributed by atoms with E-state index in [0.717, 1.165) is 5.56 Å². The van der Waals surface area contributed by atoms with Gasteiger partial charge in [0.25, 0.3) is 0 Å². The predicted molar refractivity (Wildman–Crippen MR) is 71.6 cm³/mol. The second-order valence-corrected chi connectivity index (χ2v) is 4.20. The first kappa shape index (κ1) is 13.2. The third-order valence-corrected chi connectivity index (χ3v) is 2.85. The first-order valence-corrected chi connectivity index (χ1v) is 6.00. The Morgan fingerprint density at radius 1 is 1.11 bits per heavy atom. The Morgan fingerprint density at radius 2 is 1.74 bits per heavy atom. The Kier molecular flexibility index (Phi) is 4.26. The summed E-state index contributed by atoms with van der Waals surface area (Å²) < 4.78 is 13.4. The van der Waals surface area contributed by atoms with Crippen LogP contribution in [0.4, 0.5) is 4.39 Å². The van der Waals surface area contributed by atoms with Crippen molar-refractivity contribution >= 4 is 5.91 Å². The van der Waals surface area contributed by atoms with E-state index in [1.807, 2.05) is 18.2 Å². The molecule has 0 saturated carbocycles. The number of halogens is 1. The minimum absolute atomic E-state index is 0.131. The zero-order valence-corrected chi connectivity index (χ0v) is 10.3. The molecule has 0 aliphatic rings. The molecule has 3 nitrogen and oxygen atoms in total. The number of nitrogens with one attached hydrogen (secondary N) is 1. The summed E-state index contributed by atoms with van der Waals surface area (Å²) in [7, 11) is 0. The van der Waals surface area contributed by atoms with Crippen LogP contribution in [0, 0.1) is 5.82 Å². The van der Waals surface area contributed by atoms with Crippen LogP contribution >= 0.6 is 0 Å². The average Bonchev–Trinajstić information content (AvgIpc) is 2.46. The van der Waals surface area contributed by atoms with Crippen LogP contribution in [0.1, 0.15) is 17.2 Å². The number of benzene rings is 2. The van der Waals surface area contributed by atoms with Gasteiger partial charge in [-0.05, 0) is 11.6 Å². The fraction of sp³-hybridized carbons (Fsp3) is 0.133. The summed E-state index contributed by atoms with van der Waals surface area (Å²) in [6, 6.07) is 14.6. The summed E-state index contributed by atoms with van der Waals surface area (Å²) in [6.45, 7) is 0.131. The van der Waals surface area contributed by atoms with Crippen molar-refractivity contribution in [3.63, 3.8) is 0 Å². The van der Waals surface area contributed by atoms with E-state index in [9.17, 15) is 9.18 Å². The summed E-state index contributed by atoms with van der Waals surface area (Å²) in [6.07, 6.45) is 0. The molecule has 1 amide bonds. The topological polar surface area (TPSA) is 55.1 Å². The molecule has 1 atom stereocenters. The van der Waals surface area contributed by atoms with Crippen molar-refractivity contribution in [1.29, 1.82) is 0 Å². The SMILES string of the molecule is NC(C(=O)NCc1ccccc1F)c1ccccc1. The van der Waals surface area contributed by atoms with Crippen molar-refractivity contribution < 1.29 is 9.18 Å². The number of rotatable bonds is 4. The van der Waals surface area contributed by atoms with Gasteiger partial charge in [-0.15, -0.1) is 0 Å². The van der Waals surface area contributed by atoms with Gasteiger partial charge in [0.05, 0.1) is 0 Å². The van der Waals surface area contributed by atoms with Crippen molar-refractivity contribution in [1.82, 2.24) is 5.32 Å². The van der Waals surface area contributed by atoms with Crippen LogP contribution in [0.15, 0.2) is 54.6 Å². The molecule has 2 aromatic rings. The van der Waals surface area contributed by atoms with Gasteiger partial charge in [0, 0.05) is 12.1 Å². The Labute approximate surface area is 111 Å². The predicted octanol–water partition coefficient (Wildman–Crippen LogP) is 2.14. The molecular weight excluding hydrogens is 243 g/mol. The van der Waals surface area contributed by atoms with Gasteiger partial charge in [-0.3, -0.25) is 4.79 Å². The number of nitrogens with two attached hydrogens (primary N) is 1. The van der Waals surface area contributed by atoms with Crippen LogP contribution in [0.5, 0.6) is 0 Å². The standard InChI is InChI=1S/C15H15FN2O/c16-13-9-5-4-8-12(13)10-18-15(19)14(17)11-6-2-1-3-7-11/h1-9,14H,10,17H2,(H,18,19). The van der Waals surface area contributed by atoms with E-state index in [1.54, 1.807) is 30.3 Å². The summed E-state index contributed by atoms with van der Waals surface area (Å²) in [5.74, 6) is -0.662. The van der Waals surface area contributed by atoms with Crippen molar-refractivity contribution in [2.45, 2.75) is 12.6 Å². The minimum Gasteiger partial charge on any atom is -0.350 e. The molecule has 19 heavy (non-hydrogen) atoms. The van der Waals surface area contributed by atoms with Gasteiger partial charge in [-0.2, -0.15) is 0 Å². The van der Waals surface area contributed by atoms with Gasteiger partial charge >= 0.3 is 0 Å². The van der Waals surface area contributed by atoms with Gasteiger partial charge in [0.2, 0.25) is 5.91 Å². The largest absolute Gasteiger partial charge is 0.350 e. The molecule has 0 aliphatic heterocycles. The number of hydrogen-bond acceptors (Lipinski definition) is 2. The zero-order chi connectivity index (χ0) is 13.7. The average molecular weight is 258 g/mol. The van der Waals surface area contributed by atoms with Crippen molar-refractivity contribution in [2.75, 3.05) is 0 Å². The highest BCUT2D eigenvalue weighted by molar-refractivity contribution is 5.82. The van der Waals surface area contributed by atoms with Crippen LogP contribution in [-0.2, 0) is 11.3 Å². The maximum Gasteiger partial charge on any atom is 0.241 e. The van der Waals surface area contributed by atoms with Gasteiger partial charge in [0.1, 0.15) is 11.9 Å². The summed E-state index contributed by atoms with van der Waals surface area (Å²) in [5.41, 5.74) is 7.01. The smallest absolute Gasteiger partial charge is 0.241 e. The van der Waals surface area contributed by atoms with Crippen LogP contribution in [-0.4, -0.2) is 5.91 Å². The maximum atomic E-state index is 13.4. The van der Waals surface area contributed by atoms with Crippen molar-refractivity contribution in [3.8, 4) is 0 Å². The highest BCUT2D eigenvalue weighted by Crippen LogP contribution is 2.10. The Bertz CT molecular complexity index is 557. The Morgan fingerprint density at radius 3 is 2.42 bits per heavy atom. The fourth-order valence-electron chi connectivity index (χ4n) is 1.75. The first-order chi connectivity index (χ1) is 9.18. The van der Waals surface area contributed by atoms with E-state index in [4.69, 9.17) is 5.73 Å². The van der Waals surface area contributed by atoms with Gasteiger partial charge in [0.15, 0.2) is 0 Å². The summed E-state index contributed by atoms with van der Waals surface area (Å²) >= 11 is 0. The lowest BCUT2D eigenvalue weighted by Crippen LogP contribution is -2.33. The number of hydrogen-bond donors (Lipinski definition) is 2. The lowest BCUT2D eigenvalue weighted by Gasteiger charge is -2.12. The first-order valence-electron chi connectivity index (χ1n) is 6.00. The fourth-order valence-corrected chi connectivity index (χ4v) is 1.75. The van der Waals surface area contributed by atoms with E-state index >= 15 is 0 Å². The van der Waals surface area contributed by atoms with Crippen molar-refractivity contribution in [3.05, 3.63) is 71.5 Å². The lowest BCUT2D eigenvalue weighted by atomic mass is 10.1. The molecule has 0 aliphatic carbocycles. The van der Waals surface area contributed by atoms with Gasteiger partial charge in [-0.1, -0.05) is 48.5 Å². The van der Waals surface area contributed by atoms with Crippen LogP contribution in [0.25, 0.3) is 0 Å². The zero-order valence-electron chi connectivity index (χ0n) is 10.3. The van der Waals surface area contributed by atoms with E-state index < -0.39 is 6.04 Å². The minimum atomic E-state index is -0.743. The van der Waals surface area contributed by atoms with E-state index in [-0.39, 0.29) is 18.3 Å². The monoisotopic (exact) mass is 258 g/mol. The van der Waals surface area contributed by atoms with Gasteiger partial charge < -0.3 is 11.1 Å². The third kappa shape index (κ3) is 3.39. The highest BCUT2D eigenvalue weighted by Gasteiger charge is 2.15. The number of carbonyl (C=O) groups excluding carboxylic acids is 1. The molecule has 3 N–H and O–H groups in total. The van der Waals surface area contributed by atoms with Crippen LogP contribution < -0.4 is 11.1 Å². The second kappa shape index (κ2) is 6.11. The molecule has 1 unspecified atom stereocenters. The third-order valence-electron chi connectivity index (χ3n) is 2.85. The molecular formula is C15H15FN2O. The molecule has 0 bridgehead atoms.